The summed E-state index contributed by atoms with van der Waals surface area (Å²) in [7, 11) is 4.61. The number of carbonyl (C=O) groups excluding carboxylic acids is 1. The second-order valence-corrected chi connectivity index (χ2v) is 5.95. The van der Waals surface area contributed by atoms with E-state index in [4.69, 9.17) is 18.9 Å². The van der Waals surface area contributed by atoms with Crippen molar-refractivity contribution < 1.29 is 23.7 Å². The molecule has 0 aliphatic carbocycles. The second kappa shape index (κ2) is 9.13. The number of methoxy groups -OCH3 is 3. The fourth-order valence-corrected chi connectivity index (χ4v) is 2.61. The maximum Gasteiger partial charge on any atom is 0.331 e. The third kappa shape index (κ3) is 5.26. The number of hydrogen-bond acceptors (Lipinski definition) is 5. The van der Waals surface area contributed by atoms with Crippen molar-refractivity contribution in [2.75, 3.05) is 21.3 Å². The highest BCUT2D eigenvalue weighted by Crippen LogP contribution is 2.38. The minimum atomic E-state index is -0.436. The third-order valence-corrected chi connectivity index (χ3v) is 3.86. The van der Waals surface area contributed by atoms with Crippen LogP contribution in [0.2, 0.25) is 0 Å². The van der Waals surface area contributed by atoms with Gasteiger partial charge in [0.25, 0.3) is 0 Å². The normalized spacial score (nSPS) is 10.6. The van der Waals surface area contributed by atoms with Crippen molar-refractivity contribution in [3.63, 3.8) is 0 Å². The first-order chi connectivity index (χ1) is 12.1. The fraction of sp³-hybridized carbons (Fsp3) is 0.211. The Balaban J connectivity index is 2.04. The van der Waals surface area contributed by atoms with Crippen LogP contribution in [0, 0.1) is 0 Å². The molecular weight excluding hydrogens is 388 g/mol. The van der Waals surface area contributed by atoms with Crippen LogP contribution in [0.15, 0.2) is 46.9 Å². The molecule has 25 heavy (non-hydrogen) atoms. The predicted molar refractivity (Wildman–Crippen MR) is 99.1 cm³/mol. The molecule has 0 unspecified atom stereocenters. The number of ether oxygens (including phenoxy) is 4. The maximum atomic E-state index is 11.9. The lowest BCUT2D eigenvalue weighted by Crippen LogP contribution is -2.02. The Morgan fingerprint density at radius 2 is 1.72 bits per heavy atom. The minimum absolute atomic E-state index is 0.0956. The highest BCUT2D eigenvalue weighted by atomic mass is 79.9. The maximum absolute atomic E-state index is 11.9. The summed E-state index contributed by atoms with van der Waals surface area (Å²) in [6.07, 6.45) is 3.09. The lowest BCUT2D eigenvalue weighted by atomic mass is 10.2. The summed E-state index contributed by atoms with van der Waals surface area (Å²) in [6, 6.07) is 11.1. The SMILES string of the molecule is COc1cc(COC(=O)/C=C/c2cccc(Br)c2)cc(OC)c1OC. The molecule has 0 aromatic heterocycles. The topological polar surface area (TPSA) is 54.0 Å². The summed E-state index contributed by atoms with van der Waals surface area (Å²) in [5, 5.41) is 0. The molecule has 0 aliphatic heterocycles. The summed E-state index contributed by atoms with van der Waals surface area (Å²) in [5.74, 6) is 1.08. The molecule has 0 radical (unpaired) electrons. The highest BCUT2D eigenvalue weighted by Gasteiger charge is 2.13. The molecule has 5 nitrogen and oxygen atoms in total. The third-order valence-electron chi connectivity index (χ3n) is 3.37. The molecule has 6 heteroatoms. The Morgan fingerprint density at radius 3 is 2.28 bits per heavy atom. The van der Waals surface area contributed by atoms with Crippen LogP contribution in [-0.4, -0.2) is 27.3 Å². The van der Waals surface area contributed by atoms with E-state index < -0.39 is 5.97 Å². The first-order valence-corrected chi connectivity index (χ1v) is 8.26. The van der Waals surface area contributed by atoms with Gasteiger partial charge in [-0.2, -0.15) is 0 Å². The van der Waals surface area contributed by atoms with Gasteiger partial charge in [0.1, 0.15) is 6.61 Å². The molecule has 0 bridgehead atoms. The Labute approximate surface area is 155 Å². The molecule has 0 saturated carbocycles. The molecule has 0 fully saturated rings. The summed E-state index contributed by atoms with van der Waals surface area (Å²) in [6.45, 7) is 0.0956. The van der Waals surface area contributed by atoms with Gasteiger partial charge >= 0.3 is 5.97 Å². The van der Waals surface area contributed by atoms with E-state index in [9.17, 15) is 4.79 Å². The van der Waals surface area contributed by atoms with Crippen molar-refractivity contribution in [3.05, 3.63) is 58.1 Å². The summed E-state index contributed by atoms with van der Waals surface area (Å²) < 4.78 is 22.0. The Kier molecular flexibility index (Phi) is 6.89. The monoisotopic (exact) mass is 406 g/mol. The van der Waals surface area contributed by atoms with Crippen molar-refractivity contribution in [1.29, 1.82) is 0 Å². The van der Waals surface area contributed by atoms with Crippen LogP contribution in [0.4, 0.5) is 0 Å². The molecule has 2 aromatic carbocycles. The molecule has 0 atom stereocenters. The van der Waals surface area contributed by atoms with Crippen molar-refractivity contribution in [1.82, 2.24) is 0 Å². The number of esters is 1. The van der Waals surface area contributed by atoms with Crippen LogP contribution in [0.3, 0.4) is 0 Å². The smallest absolute Gasteiger partial charge is 0.331 e. The van der Waals surface area contributed by atoms with Crippen molar-refractivity contribution in [3.8, 4) is 17.2 Å². The highest BCUT2D eigenvalue weighted by molar-refractivity contribution is 9.10. The van der Waals surface area contributed by atoms with Gasteiger partial charge in [-0.15, -0.1) is 0 Å². The van der Waals surface area contributed by atoms with Gasteiger partial charge in [0.05, 0.1) is 21.3 Å². The van der Waals surface area contributed by atoms with E-state index in [1.54, 1.807) is 18.2 Å². The number of benzene rings is 2. The van der Waals surface area contributed by atoms with Crippen molar-refractivity contribution in [2.24, 2.45) is 0 Å². The van der Waals surface area contributed by atoms with Crippen LogP contribution in [-0.2, 0) is 16.1 Å². The summed E-state index contributed by atoms with van der Waals surface area (Å²) in [4.78, 5) is 11.9. The largest absolute Gasteiger partial charge is 0.493 e. The number of halogens is 1. The van der Waals surface area contributed by atoms with E-state index in [0.717, 1.165) is 15.6 Å². The van der Waals surface area contributed by atoms with Crippen LogP contribution < -0.4 is 14.2 Å². The van der Waals surface area contributed by atoms with E-state index >= 15 is 0 Å². The first kappa shape index (κ1) is 18.9. The number of hydrogen-bond donors (Lipinski definition) is 0. The average molecular weight is 407 g/mol. The van der Waals surface area contributed by atoms with Crippen LogP contribution >= 0.6 is 15.9 Å². The lowest BCUT2D eigenvalue weighted by Gasteiger charge is -2.14. The molecular formula is C19H19BrO5. The molecule has 0 spiro atoms. The molecule has 2 rings (SSSR count). The van der Waals surface area contributed by atoms with E-state index in [-0.39, 0.29) is 6.61 Å². The van der Waals surface area contributed by atoms with Crippen molar-refractivity contribution >= 4 is 28.0 Å². The summed E-state index contributed by atoms with van der Waals surface area (Å²) in [5.41, 5.74) is 1.64. The quantitative estimate of drug-likeness (QED) is 0.508. The van der Waals surface area contributed by atoms with Crippen LogP contribution in [0.1, 0.15) is 11.1 Å². The van der Waals surface area contributed by atoms with Gasteiger partial charge in [-0.05, 0) is 41.5 Å². The Bertz CT molecular complexity index is 745. The molecule has 0 amide bonds. The Hall–Kier alpha value is -2.47. The molecule has 0 saturated heterocycles. The molecule has 0 aliphatic rings. The van der Waals surface area contributed by atoms with Crippen molar-refractivity contribution in [2.45, 2.75) is 6.61 Å². The summed E-state index contributed by atoms with van der Waals surface area (Å²) >= 11 is 3.39. The standard InChI is InChI=1S/C19H19BrO5/c1-22-16-10-14(11-17(23-2)19(16)24-3)12-25-18(21)8-7-13-5-4-6-15(20)9-13/h4-11H,12H2,1-3H3/b8-7+. The molecule has 0 heterocycles. The van der Waals surface area contributed by atoms with Crippen LogP contribution in [0.25, 0.3) is 6.08 Å². The molecule has 0 N–H and O–H groups in total. The lowest BCUT2D eigenvalue weighted by molar-refractivity contribution is -0.138. The van der Waals surface area contributed by atoms with E-state index in [1.165, 1.54) is 27.4 Å². The zero-order valence-electron chi connectivity index (χ0n) is 14.2. The van der Waals surface area contributed by atoms with Gasteiger partial charge in [-0.3, -0.25) is 0 Å². The van der Waals surface area contributed by atoms with Gasteiger partial charge in [0.15, 0.2) is 11.5 Å². The van der Waals surface area contributed by atoms with Gasteiger partial charge in [0.2, 0.25) is 5.75 Å². The number of rotatable bonds is 7. The van der Waals surface area contributed by atoms with Gasteiger partial charge in [-0.25, -0.2) is 4.79 Å². The van der Waals surface area contributed by atoms with Crippen LogP contribution in [0.5, 0.6) is 17.2 Å². The molecule has 2 aromatic rings. The first-order valence-electron chi connectivity index (χ1n) is 7.46. The van der Waals surface area contributed by atoms with Gasteiger partial charge < -0.3 is 18.9 Å². The fourth-order valence-electron chi connectivity index (χ4n) is 2.20. The van der Waals surface area contributed by atoms with Gasteiger partial charge in [-0.1, -0.05) is 28.1 Å². The van der Waals surface area contributed by atoms with Gasteiger partial charge in [0, 0.05) is 10.5 Å². The zero-order valence-corrected chi connectivity index (χ0v) is 15.8. The zero-order chi connectivity index (χ0) is 18.2. The Morgan fingerprint density at radius 1 is 1.04 bits per heavy atom. The van der Waals surface area contributed by atoms with E-state index in [0.29, 0.717) is 17.2 Å². The van der Waals surface area contributed by atoms with E-state index in [2.05, 4.69) is 15.9 Å². The second-order valence-electron chi connectivity index (χ2n) is 5.03. The average Bonchev–Trinajstić information content (AvgIpc) is 2.63. The minimum Gasteiger partial charge on any atom is -0.493 e. The molecule has 132 valence electrons. The number of carbonyl (C=O) groups is 1. The van der Waals surface area contributed by atoms with E-state index in [1.807, 2.05) is 24.3 Å². The predicted octanol–water partition coefficient (Wildman–Crippen LogP) is 4.23.